The second kappa shape index (κ2) is 10.3. The average Bonchev–Trinajstić information content (AvgIpc) is 3.50. The van der Waals surface area contributed by atoms with Gasteiger partial charge in [-0.15, -0.1) is 0 Å². The molecule has 5 aromatic carbocycles. The van der Waals surface area contributed by atoms with E-state index < -0.39 is 0 Å². The second-order valence-corrected chi connectivity index (χ2v) is 19.6. The van der Waals surface area contributed by atoms with E-state index in [-0.39, 0.29) is 33.9 Å². The van der Waals surface area contributed by atoms with Gasteiger partial charge in [0.15, 0.2) is 0 Å². The van der Waals surface area contributed by atoms with Crippen LogP contribution in [0.15, 0.2) is 91.0 Å². The third-order valence-electron chi connectivity index (χ3n) is 12.0. The van der Waals surface area contributed by atoms with Crippen LogP contribution in [0.25, 0.3) is 32.9 Å². The highest BCUT2D eigenvalue weighted by molar-refractivity contribution is 6.86. The third kappa shape index (κ3) is 4.52. The monoisotopic (exact) mass is 655 g/mol. The van der Waals surface area contributed by atoms with Crippen LogP contribution in [0.5, 0.6) is 0 Å². The Hall–Kier alpha value is -4.04. The Labute approximate surface area is 301 Å². The number of fused-ring (bicyclic) bond motifs is 8. The van der Waals surface area contributed by atoms with E-state index >= 15 is 0 Å². The van der Waals surface area contributed by atoms with Crippen LogP contribution >= 0.6 is 0 Å². The van der Waals surface area contributed by atoms with Gasteiger partial charge in [-0.1, -0.05) is 162 Å². The molecule has 1 aromatic heterocycles. The van der Waals surface area contributed by atoms with Crippen molar-refractivity contribution in [3.05, 3.63) is 130 Å². The van der Waals surface area contributed by atoms with E-state index in [4.69, 9.17) is 0 Å². The van der Waals surface area contributed by atoms with Crippen LogP contribution in [-0.2, 0) is 27.1 Å². The quantitative estimate of drug-likeness (QED) is 0.155. The zero-order valence-corrected chi connectivity index (χ0v) is 32.7. The molecule has 1 nitrogen and oxygen atoms in total. The van der Waals surface area contributed by atoms with E-state index in [0.717, 1.165) is 0 Å². The minimum atomic E-state index is -0.215. The molecule has 0 saturated heterocycles. The molecule has 6 aromatic rings. The Morgan fingerprint density at radius 2 is 0.940 bits per heavy atom. The Morgan fingerprint density at radius 3 is 1.46 bits per heavy atom. The van der Waals surface area contributed by atoms with Gasteiger partial charge in [0.1, 0.15) is 0 Å². The van der Waals surface area contributed by atoms with Gasteiger partial charge in [-0.2, -0.15) is 0 Å². The molecule has 2 heteroatoms. The average molecular weight is 656 g/mol. The molecule has 0 amide bonds. The van der Waals surface area contributed by atoms with E-state index in [9.17, 15) is 0 Å². The summed E-state index contributed by atoms with van der Waals surface area (Å²) in [7, 11) is 0. The number of hydrogen-bond donors (Lipinski definition) is 0. The molecule has 0 N–H and O–H groups in total. The van der Waals surface area contributed by atoms with Gasteiger partial charge in [-0.05, 0) is 102 Å². The Bertz CT molecular complexity index is 2280. The first-order valence-corrected chi connectivity index (χ1v) is 18.7. The molecule has 8 rings (SSSR count). The Morgan fingerprint density at radius 1 is 0.480 bits per heavy atom. The predicted molar refractivity (Wildman–Crippen MR) is 219 cm³/mol. The molecule has 0 saturated carbocycles. The van der Waals surface area contributed by atoms with E-state index in [2.05, 4.69) is 185 Å². The smallest absolute Gasteiger partial charge is 0.328 e. The zero-order valence-electron chi connectivity index (χ0n) is 32.7. The molecule has 0 fully saturated rings. The molecule has 2 aliphatic rings. The second-order valence-electron chi connectivity index (χ2n) is 19.6. The summed E-state index contributed by atoms with van der Waals surface area (Å²) in [5, 5.41) is 2.77. The zero-order chi connectivity index (χ0) is 35.9. The van der Waals surface area contributed by atoms with Crippen molar-refractivity contribution in [2.24, 2.45) is 0 Å². The van der Waals surface area contributed by atoms with E-state index in [1.165, 1.54) is 82.8 Å². The fraction of sp³-hybridized carbons (Fsp3) is 0.375. The van der Waals surface area contributed by atoms with Crippen molar-refractivity contribution in [3.8, 4) is 11.1 Å². The van der Waals surface area contributed by atoms with Gasteiger partial charge in [0.2, 0.25) is 0 Å². The highest BCUT2D eigenvalue weighted by Crippen LogP contribution is 2.53. The summed E-state index contributed by atoms with van der Waals surface area (Å²) < 4.78 is 2.82. The van der Waals surface area contributed by atoms with Crippen LogP contribution in [-0.4, -0.2) is 11.3 Å². The normalized spacial score (nSPS) is 17.3. The highest BCUT2D eigenvalue weighted by atomic mass is 14.9. The number of aromatic nitrogens is 1. The Kier molecular flexibility index (Phi) is 6.81. The van der Waals surface area contributed by atoms with Crippen molar-refractivity contribution in [3.63, 3.8) is 0 Å². The third-order valence-corrected chi connectivity index (χ3v) is 12.0. The molecule has 1 atom stereocenters. The lowest BCUT2D eigenvalue weighted by Gasteiger charge is -2.40. The van der Waals surface area contributed by atoms with Crippen molar-refractivity contribution in [1.82, 2.24) is 4.48 Å². The summed E-state index contributed by atoms with van der Waals surface area (Å²) in [5.74, 6) is 0. The Balaban J connectivity index is 1.64. The molecule has 50 heavy (non-hydrogen) atoms. The first-order valence-electron chi connectivity index (χ1n) is 18.7. The van der Waals surface area contributed by atoms with Crippen molar-refractivity contribution >= 4 is 39.6 Å². The molecule has 2 heterocycles. The lowest BCUT2D eigenvalue weighted by Crippen LogP contribution is -2.58. The first kappa shape index (κ1) is 33.1. The summed E-state index contributed by atoms with van der Waals surface area (Å²) in [5.41, 5.74) is 18.0. The number of rotatable bonds is 1. The summed E-state index contributed by atoms with van der Waals surface area (Å²) >= 11 is 0. The number of nitrogens with zero attached hydrogens (tertiary/aromatic N) is 1. The van der Waals surface area contributed by atoms with Crippen molar-refractivity contribution < 1.29 is 0 Å². The van der Waals surface area contributed by atoms with Gasteiger partial charge in [-0.3, -0.25) is 0 Å². The predicted octanol–water partition coefficient (Wildman–Crippen LogP) is 11.3. The van der Waals surface area contributed by atoms with Gasteiger partial charge >= 0.3 is 6.85 Å². The number of benzene rings is 5. The molecule has 0 radical (unpaired) electrons. The molecule has 0 spiro atoms. The minimum absolute atomic E-state index is 0.0163. The maximum absolute atomic E-state index is 2.82. The fourth-order valence-corrected chi connectivity index (χ4v) is 9.36. The largest absolute Gasteiger partial charge is 0.375 e. The summed E-state index contributed by atoms with van der Waals surface area (Å²) in [6.45, 7) is 31.1. The molecule has 1 aliphatic heterocycles. The molecular formula is C48H54BN. The SMILES string of the molecule is CC(C)(C)c1cc(C(C)(C)C)c2c(c1)c1cc(C(C)(C)C)cc(C(C)(C)C)c1n2B1c2ccccc2C2(C)c3ccccc3-c3cccc1c32. The van der Waals surface area contributed by atoms with Crippen LogP contribution in [0.1, 0.15) is 129 Å². The van der Waals surface area contributed by atoms with Gasteiger partial charge in [-0.25, -0.2) is 0 Å². The highest BCUT2D eigenvalue weighted by Gasteiger charge is 2.50. The van der Waals surface area contributed by atoms with Crippen molar-refractivity contribution in [2.75, 3.05) is 0 Å². The van der Waals surface area contributed by atoms with Crippen molar-refractivity contribution in [1.29, 1.82) is 0 Å². The lowest BCUT2D eigenvalue weighted by atomic mass is 9.41. The minimum Gasteiger partial charge on any atom is -0.375 e. The van der Waals surface area contributed by atoms with Crippen LogP contribution < -0.4 is 10.9 Å². The molecule has 0 bridgehead atoms. The maximum Gasteiger partial charge on any atom is 0.328 e. The topological polar surface area (TPSA) is 4.93 Å². The fourth-order valence-electron chi connectivity index (χ4n) is 9.36. The van der Waals surface area contributed by atoms with Crippen LogP contribution in [0, 0.1) is 0 Å². The maximum atomic E-state index is 2.82. The lowest BCUT2D eigenvalue weighted by molar-refractivity contribution is 0.571. The molecule has 1 aliphatic carbocycles. The van der Waals surface area contributed by atoms with E-state index in [1.54, 1.807) is 0 Å². The molecule has 1 unspecified atom stereocenters. The van der Waals surface area contributed by atoms with E-state index in [1.807, 2.05) is 0 Å². The van der Waals surface area contributed by atoms with E-state index in [0.29, 0.717) is 0 Å². The van der Waals surface area contributed by atoms with Gasteiger partial charge in [0.05, 0.1) is 0 Å². The van der Waals surface area contributed by atoms with Crippen LogP contribution in [0.2, 0.25) is 0 Å². The van der Waals surface area contributed by atoms with Crippen LogP contribution in [0.4, 0.5) is 0 Å². The standard InChI is InChI=1S/C48H54BN/c1-44(2,3)29-25-33-34-26-30(45(4,5)6)28-38(47(10,11)12)43(34)50(42(33)37(27-29)46(7,8)9)49-39-23-17-16-22-36(39)48(13)35-21-15-14-19-31(35)32-20-18-24-40(49)41(32)48/h14-28H,1-13H3. The van der Waals surface area contributed by atoms with Crippen molar-refractivity contribution in [2.45, 2.75) is 117 Å². The molecule has 254 valence electrons. The van der Waals surface area contributed by atoms with Gasteiger partial charge in [0.25, 0.3) is 0 Å². The summed E-state index contributed by atoms with van der Waals surface area (Å²) in [4.78, 5) is 0. The summed E-state index contributed by atoms with van der Waals surface area (Å²) in [6.07, 6.45) is 0. The summed E-state index contributed by atoms with van der Waals surface area (Å²) in [6, 6.07) is 35.8. The van der Waals surface area contributed by atoms with Crippen LogP contribution in [0.3, 0.4) is 0 Å². The molecular weight excluding hydrogens is 601 g/mol. The van der Waals surface area contributed by atoms with Gasteiger partial charge in [0, 0.05) is 27.2 Å². The number of hydrogen-bond acceptors (Lipinski definition) is 0. The van der Waals surface area contributed by atoms with Gasteiger partial charge < -0.3 is 4.48 Å². The first-order chi connectivity index (χ1) is 23.2.